The molecule has 1 aliphatic rings. The van der Waals surface area contributed by atoms with Crippen molar-refractivity contribution in [3.63, 3.8) is 0 Å². The zero-order valence-electron chi connectivity index (χ0n) is 14.3. The third-order valence-corrected chi connectivity index (χ3v) is 4.51. The van der Waals surface area contributed by atoms with Crippen LogP contribution < -0.4 is 10.1 Å². The summed E-state index contributed by atoms with van der Waals surface area (Å²) >= 11 is 0. The Morgan fingerprint density at radius 2 is 1.88 bits per heavy atom. The van der Waals surface area contributed by atoms with Gasteiger partial charge in [-0.1, -0.05) is 42.5 Å². The number of carbonyl (C=O) groups is 1. The molecule has 0 saturated heterocycles. The zero-order valence-corrected chi connectivity index (χ0v) is 14.3. The molecule has 0 fully saturated rings. The molecule has 1 heterocycles. The highest BCUT2D eigenvalue weighted by Crippen LogP contribution is 2.22. The summed E-state index contributed by atoms with van der Waals surface area (Å²) in [6, 6.07) is 16.1. The summed E-state index contributed by atoms with van der Waals surface area (Å²) in [7, 11) is 2.01. The van der Waals surface area contributed by atoms with E-state index in [-0.39, 0.29) is 11.9 Å². The quantitative estimate of drug-likeness (QED) is 0.919. The highest BCUT2D eigenvalue weighted by molar-refractivity contribution is 5.82. The van der Waals surface area contributed by atoms with E-state index in [1.54, 1.807) is 0 Å². The monoisotopic (exact) mass is 324 g/mol. The van der Waals surface area contributed by atoms with Gasteiger partial charge in [-0.3, -0.25) is 9.69 Å². The fraction of sp³-hybridized carbons (Fsp3) is 0.350. The van der Waals surface area contributed by atoms with Crippen molar-refractivity contribution in [3.8, 4) is 5.75 Å². The molecule has 0 spiro atoms. The Balaban J connectivity index is 1.66. The van der Waals surface area contributed by atoms with E-state index < -0.39 is 0 Å². The first kappa shape index (κ1) is 16.5. The predicted molar refractivity (Wildman–Crippen MR) is 94.9 cm³/mol. The molecule has 126 valence electrons. The molecule has 1 amide bonds. The van der Waals surface area contributed by atoms with Crippen LogP contribution in [0.4, 0.5) is 0 Å². The lowest BCUT2D eigenvalue weighted by atomic mass is 9.94. The molecule has 1 aliphatic heterocycles. The summed E-state index contributed by atoms with van der Waals surface area (Å²) in [6.45, 7) is 3.88. The molecule has 0 radical (unpaired) electrons. The minimum Gasteiger partial charge on any atom is -0.494 e. The molecule has 1 N–H and O–H groups in total. The number of hydrogen-bond acceptors (Lipinski definition) is 3. The van der Waals surface area contributed by atoms with E-state index in [9.17, 15) is 4.79 Å². The summed E-state index contributed by atoms with van der Waals surface area (Å²) < 4.78 is 5.62. The SMILES string of the molecule is CCOc1ccccc1CNC(=O)[C@@H]1Cc2ccccc2CN1C. The first-order chi connectivity index (χ1) is 11.7. The number of rotatable bonds is 5. The summed E-state index contributed by atoms with van der Waals surface area (Å²) in [5.41, 5.74) is 3.59. The van der Waals surface area contributed by atoms with Gasteiger partial charge in [0.2, 0.25) is 5.91 Å². The molecular weight excluding hydrogens is 300 g/mol. The van der Waals surface area contributed by atoms with Gasteiger partial charge in [-0.05, 0) is 37.6 Å². The van der Waals surface area contributed by atoms with Crippen molar-refractivity contribution < 1.29 is 9.53 Å². The fourth-order valence-corrected chi connectivity index (χ4v) is 3.19. The van der Waals surface area contributed by atoms with Gasteiger partial charge in [0, 0.05) is 18.7 Å². The van der Waals surface area contributed by atoms with Crippen LogP contribution in [0, 0.1) is 0 Å². The number of amides is 1. The Labute approximate surface area is 143 Å². The van der Waals surface area contributed by atoms with E-state index in [0.717, 1.165) is 24.3 Å². The lowest BCUT2D eigenvalue weighted by Crippen LogP contribution is -2.48. The molecule has 4 heteroatoms. The van der Waals surface area contributed by atoms with E-state index in [4.69, 9.17) is 4.74 Å². The van der Waals surface area contributed by atoms with Crippen molar-refractivity contribution in [1.82, 2.24) is 10.2 Å². The van der Waals surface area contributed by atoms with Crippen LogP contribution in [0.25, 0.3) is 0 Å². The van der Waals surface area contributed by atoms with Gasteiger partial charge in [-0.2, -0.15) is 0 Å². The summed E-state index contributed by atoms with van der Waals surface area (Å²) in [5, 5.41) is 3.07. The molecule has 1 atom stereocenters. The second-order valence-corrected chi connectivity index (χ2v) is 6.16. The number of nitrogens with one attached hydrogen (secondary N) is 1. The second kappa shape index (κ2) is 7.49. The Bertz CT molecular complexity index is 714. The van der Waals surface area contributed by atoms with Gasteiger partial charge in [-0.25, -0.2) is 0 Å². The first-order valence-corrected chi connectivity index (χ1v) is 8.44. The minimum atomic E-state index is -0.126. The summed E-state index contributed by atoms with van der Waals surface area (Å²) in [5.74, 6) is 0.904. The van der Waals surface area contributed by atoms with Crippen LogP contribution in [0.3, 0.4) is 0 Å². The van der Waals surface area contributed by atoms with Crippen LogP contribution in [0.2, 0.25) is 0 Å². The maximum atomic E-state index is 12.7. The number of para-hydroxylation sites is 1. The Hall–Kier alpha value is -2.33. The van der Waals surface area contributed by atoms with Crippen molar-refractivity contribution in [2.75, 3.05) is 13.7 Å². The number of ether oxygens (including phenoxy) is 1. The lowest BCUT2D eigenvalue weighted by Gasteiger charge is -2.33. The molecule has 24 heavy (non-hydrogen) atoms. The Morgan fingerprint density at radius 1 is 1.17 bits per heavy atom. The van der Waals surface area contributed by atoms with Crippen molar-refractivity contribution in [2.24, 2.45) is 0 Å². The number of benzene rings is 2. The number of hydrogen-bond donors (Lipinski definition) is 1. The van der Waals surface area contributed by atoms with Crippen LogP contribution in [0.15, 0.2) is 48.5 Å². The molecular formula is C20H24N2O2. The second-order valence-electron chi connectivity index (χ2n) is 6.16. The third-order valence-electron chi connectivity index (χ3n) is 4.51. The Kier molecular flexibility index (Phi) is 5.16. The van der Waals surface area contributed by atoms with Crippen LogP contribution in [0.1, 0.15) is 23.6 Å². The molecule has 0 aliphatic carbocycles. The van der Waals surface area contributed by atoms with Crippen molar-refractivity contribution in [3.05, 3.63) is 65.2 Å². The van der Waals surface area contributed by atoms with Crippen molar-refractivity contribution in [1.29, 1.82) is 0 Å². The molecule has 0 saturated carbocycles. The van der Waals surface area contributed by atoms with E-state index in [1.165, 1.54) is 11.1 Å². The molecule has 2 aromatic rings. The van der Waals surface area contributed by atoms with Gasteiger partial charge in [0.1, 0.15) is 5.75 Å². The third kappa shape index (κ3) is 3.60. The van der Waals surface area contributed by atoms with Gasteiger partial charge in [-0.15, -0.1) is 0 Å². The highest BCUT2D eigenvalue weighted by atomic mass is 16.5. The maximum absolute atomic E-state index is 12.7. The lowest BCUT2D eigenvalue weighted by molar-refractivity contribution is -0.126. The van der Waals surface area contributed by atoms with E-state index in [2.05, 4.69) is 28.4 Å². The smallest absolute Gasteiger partial charge is 0.237 e. The van der Waals surface area contributed by atoms with Gasteiger partial charge in [0.05, 0.1) is 12.6 Å². The summed E-state index contributed by atoms with van der Waals surface area (Å²) in [6.07, 6.45) is 0.756. The standard InChI is InChI=1S/C20H24N2O2/c1-3-24-19-11-7-6-9-16(19)13-21-20(23)18-12-15-8-4-5-10-17(15)14-22(18)2/h4-11,18H,3,12-14H2,1-2H3,(H,21,23)/t18-/m0/s1. The largest absolute Gasteiger partial charge is 0.494 e. The van der Waals surface area contributed by atoms with Gasteiger partial charge in [0.25, 0.3) is 0 Å². The number of nitrogens with zero attached hydrogens (tertiary/aromatic N) is 1. The minimum absolute atomic E-state index is 0.0679. The van der Waals surface area contributed by atoms with Gasteiger partial charge >= 0.3 is 0 Å². The molecule has 4 nitrogen and oxygen atoms in total. The number of fused-ring (bicyclic) bond motifs is 1. The van der Waals surface area contributed by atoms with E-state index in [0.29, 0.717) is 13.2 Å². The van der Waals surface area contributed by atoms with Crippen LogP contribution in [-0.2, 0) is 24.3 Å². The normalized spacial score (nSPS) is 17.2. The number of carbonyl (C=O) groups excluding carboxylic acids is 1. The van der Waals surface area contributed by atoms with Crippen molar-refractivity contribution in [2.45, 2.75) is 32.5 Å². The molecule has 0 bridgehead atoms. The fourth-order valence-electron chi connectivity index (χ4n) is 3.19. The van der Waals surface area contributed by atoms with Crippen LogP contribution in [0.5, 0.6) is 5.75 Å². The van der Waals surface area contributed by atoms with Gasteiger partial charge in [0.15, 0.2) is 0 Å². The topological polar surface area (TPSA) is 41.6 Å². The molecule has 2 aromatic carbocycles. The average Bonchev–Trinajstić information content (AvgIpc) is 2.60. The zero-order chi connectivity index (χ0) is 16.9. The predicted octanol–water partition coefficient (Wildman–Crippen LogP) is 2.76. The summed E-state index contributed by atoms with van der Waals surface area (Å²) in [4.78, 5) is 14.8. The van der Waals surface area contributed by atoms with E-state index >= 15 is 0 Å². The first-order valence-electron chi connectivity index (χ1n) is 8.44. The number of likely N-dealkylation sites (N-methyl/N-ethyl adjacent to an activating group) is 1. The molecule has 0 unspecified atom stereocenters. The average molecular weight is 324 g/mol. The van der Waals surface area contributed by atoms with Gasteiger partial charge < -0.3 is 10.1 Å². The van der Waals surface area contributed by atoms with Crippen LogP contribution in [-0.4, -0.2) is 30.5 Å². The van der Waals surface area contributed by atoms with Crippen LogP contribution >= 0.6 is 0 Å². The maximum Gasteiger partial charge on any atom is 0.237 e. The highest BCUT2D eigenvalue weighted by Gasteiger charge is 2.28. The Morgan fingerprint density at radius 3 is 2.67 bits per heavy atom. The molecule has 3 rings (SSSR count). The van der Waals surface area contributed by atoms with E-state index in [1.807, 2.05) is 44.3 Å². The van der Waals surface area contributed by atoms with Crippen molar-refractivity contribution >= 4 is 5.91 Å². The molecule has 0 aromatic heterocycles.